The molecule has 0 atom stereocenters. The van der Waals surface area contributed by atoms with Gasteiger partial charge in [-0.3, -0.25) is 0 Å². The predicted octanol–water partition coefficient (Wildman–Crippen LogP) is -3.73. The molecule has 5 rings (SSSR count). The van der Waals surface area contributed by atoms with Crippen LogP contribution in [-0.4, -0.2) is 86.4 Å². The van der Waals surface area contributed by atoms with Crippen LogP contribution < -0.4 is 93.6 Å². The van der Waals surface area contributed by atoms with Gasteiger partial charge in [0, 0.05) is 57.8 Å². The second-order valence-corrected chi connectivity index (χ2v) is 20.1. The molecule has 2 heterocycles. The summed E-state index contributed by atoms with van der Waals surface area (Å²) in [5.41, 5.74) is 5.98. The van der Waals surface area contributed by atoms with E-state index in [1.807, 2.05) is 55.2 Å². The van der Waals surface area contributed by atoms with Crippen molar-refractivity contribution in [2.45, 2.75) is 88.4 Å². The molecule has 22 heteroatoms. The topological polar surface area (TPSA) is 229 Å². The molecule has 312 valence electrons. The summed E-state index contributed by atoms with van der Waals surface area (Å²) < 4.78 is 131. The molecule has 2 aliphatic heterocycles. The largest absolute Gasteiger partial charge is 1.00 e. The number of nitrogens with zero attached hydrogens (tertiary/aromatic N) is 2. The summed E-state index contributed by atoms with van der Waals surface area (Å²) in [5.74, 6) is -0.900. The molecule has 0 fully saturated rings. The van der Waals surface area contributed by atoms with Crippen molar-refractivity contribution in [1.29, 1.82) is 0 Å². The number of hydrogen-bond donors (Lipinski definition) is 0. The number of hydrogen-bond acceptors (Lipinski definition) is 13. The van der Waals surface area contributed by atoms with Crippen LogP contribution in [0.15, 0.2) is 87.5 Å². The third kappa shape index (κ3) is 15.3. The second kappa shape index (κ2) is 23.6. The Kier molecular flexibility index (Phi) is 22.6. The Morgan fingerprint density at radius 1 is 0.817 bits per heavy atom. The first kappa shape index (κ1) is 57.5. The zero-order chi connectivity index (χ0) is 42.6. The average Bonchev–Trinajstić information content (AvgIpc) is 3.44. The van der Waals surface area contributed by atoms with Crippen molar-refractivity contribution < 1.29 is 145 Å². The van der Waals surface area contributed by atoms with Gasteiger partial charge in [-0.1, -0.05) is 57.0 Å². The van der Waals surface area contributed by atoms with E-state index in [1.165, 1.54) is 12.1 Å². The number of benzene rings is 2. The third-order valence-corrected chi connectivity index (χ3v) is 13.2. The Balaban J connectivity index is 0.00000246. The summed E-state index contributed by atoms with van der Waals surface area (Å²) in [6, 6.07) is 13.2. The average molecular weight is 953 g/mol. The van der Waals surface area contributed by atoms with Crippen molar-refractivity contribution in [1.82, 2.24) is 0 Å². The smallest absolute Gasteiger partial charge is 0.748 e. The zero-order valence-corrected chi connectivity index (χ0v) is 44.9. The molecular weight excluding hydrogens is 909 g/mol. The van der Waals surface area contributed by atoms with Gasteiger partial charge in [0.2, 0.25) is 0 Å². The van der Waals surface area contributed by atoms with E-state index in [0.717, 1.165) is 46.6 Å². The molecule has 0 unspecified atom stereocenters. The van der Waals surface area contributed by atoms with Crippen LogP contribution in [0.25, 0.3) is 0 Å². The van der Waals surface area contributed by atoms with Gasteiger partial charge in [-0.2, -0.15) is 18.2 Å². The first-order valence-corrected chi connectivity index (χ1v) is 23.9. The molecule has 60 heavy (non-hydrogen) atoms. The van der Waals surface area contributed by atoms with E-state index in [4.69, 9.17) is 24.2 Å². The number of anilines is 1. The molecule has 2 aromatic rings. The van der Waals surface area contributed by atoms with Crippen LogP contribution in [0.4, 0.5) is 11.4 Å². The number of rotatable bonds is 14. The molecule has 0 saturated heterocycles. The van der Waals surface area contributed by atoms with Gasteiger partial charge in [0.05, 0.1) is 25.1 Å². The van der Waals surface area contributed by atoms with E-state index >= 15 is 0 Å². The summed E-state index contributed by atoms with van der Waals surface area (Å²) in [6.45, 7) is 8.99. The molecule has 0 N–H and O–H groups in total. The minimum atomic E-state index is -4.71. The maximum absolute atomic E-state index is 11.9. The van der Waals surface area contributed by atoms with Gasteiger partial charge in [0.15, 0.2) is 5.71 Å². The minimum Gasteiger partial charge on any atom is -0.748 e. The zero-order valence-electron chi connectivity index (χ0n) is 34.9. The molecule has 0 spiro atoms. The molecule has 2 aromatic carbocycles. The van der Waals surface area contributed by atoms with Crippen LogP contribution in [0.1, 0.15) is 83.8 Å². The monoisotopic (exact) mass is 952 g/mol. The van der Waals surface area contributed by atoms with Crippen LogP contribution in [-0.2, 0) is 51.8 Å². The third-order valence-electron chi connectivity index (χ3n) is 10.3. The molecule has 1 aliphatic carbocycles. The normalized spacial score (nSPS) is 18.3. The van der Waals surface area contributed by atoms with E-state index in [-0.39, 0.29) is 112 Å². The molecule has 0 amide bonds. The van der Waals surface area contributed by atoms with E-state index in [1.54, 1.807) is 6.07 Å². The fourth-order valence-electron chi connectivity index (χ4n) is 7.52. The molecule has 3 aliphatic rings. The van der Waals surface area contributed by atoms with Crippen LogP contribution >= 0.6 is 11.6 Å². The summed E-state index contributed by atoms with van der Waals surface area (Å²) in [7, 11) is -16.5. The van der Waals surface area contributed by atoms with Crippen molar-refractivity contribution in [3.05, 3.63) is 99.8 Å². The molecule has 14 nitrogen and oxygen atoms in total. The van der Waals surface area contributed by atoms with Crippen molar-refractivity contribution in [2.75, 3.05) is 29.5 Å². The van der Waals surface area contributed by atoms with Gasteiger partial charge in [0.25, 0.3) is 0 Å². The van der Waals surface area contributed by atoms with Crippen LogP contribution in [0.5, 0.6) is 0 Å². The Hall–Kier alpha value is -0.490. The summed E-state index contributed by atoms with van der Waals surface area (Å²) in [4.78, 5) is 1.64. The summed E-state index contributed by atoms with van der Waals surface area (Å²) in [6.07, 6.45) is 11.6. The van der Waals surface area contributed by atoms with E-state index in [0.29, 0.717) is 48.6 Å². The molecule has 0 aromatic heterocycles. The Labute approximate surface area is 426 Å². The predicted molar refractivity (Wildman–Crippen MR) is 212 cm³/mol. The van der Waals surface area contributed by atoms with Crippen molar-refractivity contribution in [2.24, 2.45) is 0 Å². The molecule has 0 bridgehead atoms. The Morgan fingerprint density at radius 2 is 1.42 bits per heavy atom. The molecule has 0 saturated carbocycles. The van der Waals surface area contributed by atoms with Gasteiger partial charge in [-0.25, -0.2) is 29.8 Å². The fraction of sp³-hybridized carbons (Fsp3) is 0.447. The molecular formula is C38H44ClN2Na3O12S4. The number of fused-ring (bicyclic) bond motifs is 2. The SMILES string of the molecule is CC1(C)C(/C=C/C2=C(Cl)C(=C/C=C3/N(CCCCS(=O)(=O)[O-])c4ccc(S(=O)(=O)[O-])cc4C3(C)C)/CCC2)=[N+](CCCCS(=O)(=O)[O-])c2cc[c-]cc21.O=S(=O)=O.[Na+].[Na+].[Na+]. The molecule has 0 radical (unpaired) electrons. The van der Waals surface area contributed by atoms with E-state index < -0.39 is 57.9 Å². The first-order chi connectivity index (χ1) is 26.3. The van der Waals surface area contributed by atoms with Gasteiger partial charge >= 0.3 is 99.3 Å². The fourth-order valence-corrected chi connectivity index (χ4v) is 9.45. The number of unbranched alkanes of at least 4 members (excludes halogenated alkanes) is 2. The van der Waals surface area contributed by atoms with Crippen LogP contribution in [0.2, 0.25) is 0 Å². The van der Waals surface area contributed by atoms with Crippen LogP contribution in [0.3, 0.4) is 0 Å². The van der Waals surface area contributed by atoms with Crippen LogP contribution in [0, 0.1) is 6.07 Å². The Morgan fingerprint density at radius 3 is 2.00 bits per heavy atom. The van der Waals surface area contributed by atoms with E-state index in [9.17, 15) is 38.9 Å². The number of allylic oxidation sites excluding steroid dienone is 8. The first-order valence-electron chi connectivity index (χ1n) is 18.0. The van der Waals surface area contributed by atoms with Gasteiger partial charge in [0.1, 0.15) is 22.4 Å². The number of halogens is 1. The van der Waals surface area contributed by atoms with Crippen molar-refractivity contribution in [3.8, 4) is 0 Å². The second-order valence-electron chi connectivity index (χ2n) is 14.9. The Bertz CT molecular complexity index is 2510. The quantitative estimate of drug-likeness (QED) is 0.0584. The van der Waals surface area contributed by atoms with Crippen molar-refractivity contribution in [3.63, 3.8) is 0 Å². The summed E-state index contributed by atoms with van der Waals surface area (Å²) >= 11 is 7.09. The van der Waals surface area contributed by atoms with Gasteiger partial charge in [-0.05, 0) is 79.5 Å². The van der Waals surface area contributed by atoms with E-state index in [2.05, 4.69) is 30.6 Å². The minimum absolute atomic E-state index is 0. The van der Waals surface area contributed by atoms with Gasteiger partial charge < -0.3 is 18.6 Å². The summed E-state index contributed by atoms with van der Waals surface area (Å²) in [5, 5.41) is 0.610. The standard InChI is InChI=1S/C38H47ClN2O9S3.3Na.O3S/c1-37(2)30-14-5-6-15-32(30)40(22-7-9-24-51(42,43)44)34(37)20-16-27-12-11-13-28(36(27)39)17-21-35-38(3,4)31-26-29(53(48,49)50)18-19-33(31)41(35)23-8-10-25-52(45,46)47;;;;1-4(2)3/h6,14-21,26H,7-13,22-25H2,1-4H3,(H,42,43,44)(H,45,46,47)(H,48,49,50);;;;/q;3*+1;/p-3. The van der Waals surface area contributed by atoms with Crippen molar-refractivity contribution >= 4 is 69.7 Å². The maximum Gasteiger partial charge on any atom is 1.00 e. The maximum atomic E-state index is 11.9. The van der Waals surface area contributed by atoms with Gasteiger partial charge in [-0.15, -0.1) is 18.7 Å².